The van der Waals surface area contributed by atoms with Gasteiger partial charge in [-0.25, -0.2) is 4.79 Å². The predicted molar refractivity (Wildman–Crippen MR) is 82.6 cm³/mol. The van der Waals surface area contributed by atoms with Gasteiger partial charge in [-0.3, -0.25) is 4.79 Å². The van der Waals surface area contributed by atoms with E-state index in [0.29, 0.717) is 25.9 Å². The van der Waals surface area contributed by atoms with Crippen molar-refractivity contribution in [3.63, 3.8) is 0 Å². The number of amides is 3. The first-order chi connectivity index (χ1) is 10.8. The van der Waals surface area contributed by atoms with Gasteiger partial charge >= 0.3 is 6.03 Å². The predicted octanol–water partition coefficient (Wildman–Crippen LogP) is 0.679. The van der Waals surface area contributed by atoms with Gasteiger partial charge in [-0.15, -0.1) is 0 Å². The monoisotopic (exact) mass is 323 g/mol. The first-order valence-corrected chi connectivity index (χ1v) is 7.31. The second-order valence-electron chi connectivity index (χ2n) is 5.77. The van der Waals surface area contributed by atoms with Crippen molar-refractivity contribution >= 4 is 11.9 Å². The Labute approximate surface area is 133 Å². The van der Waals surface area contributed by atoms with E-state index in [-0.39, 0.29) is 17.6 Å². The molecule has 23 heavy (non-hydrogen) atoms. The summed E-state index contributed by atoms with van der Waals surface area (Å²) in [7, 11) is 3.39. The van der Waals surface area contributed by atoms with Crippen LogP contribution in [0.2, 0.25) is 0 Å². The third-order valence-electron chi connectivity index (χ3n) is 3.82. The number of carbonyl (C=O) groups is 2. The summed E-state index contributed by atoms with van der Waals surface area (Å²) < 4.78 is 0. The Morgan fingerprint density at radius 3 is 2.13 bits per heavy atom. The van der Waals surface area contributed by atoms with Gasteiger partial charge in [-0.1, -0.05) is 0 Å². The maximum absolute atomic E-state index is 12.1. The SMILES string of the molecule is CN(C)C(=O)N1CCC(NC(=O)c2cc(O)c(O)c(O)c2)CC1. The van der Waals surface area contributed by atoms with Crippen LogP contribution in [0.5, 0.6) is 17.2 Å². The molecule has 2 rings (SSSR count). The van der Waals surface area contributed by atoms with Gasteiger partial charge in [0.05, 0.1) is 0 Å². The van der Waals surface area contributed by atoms with Crippen LogP contribution in [-0.4, -0.2) is 70.3 Å². The quantitative estimate of drug-likeness (QED) is 0.598. The lowest BCUT2D eigenvalue weighted by molar-refractivity contribution is 0.0913. The van der Waals surface area contributed by atoms with Gasteiger partial charge in [0.15, 0.2) is 17.2 Å². The zero-order valence-electron chi connectivity index (χ0n) is 13.1. The van der Waals surface area contributed by atoms with Crippen LogP contribution in [0, 0.1) is 0 Å². The topological polar surface area (TPSA) is 113 Å². The van der Waals surface area contributed by atoms with E-state index >= 15 is 0 Å². The number of rotatable bonds is 2. The number of hydrogen-bond acceptors (Lipinski definition) is 5. The van der Waals surface area contributed by atoms with Crippen molar-refractivity contribution in [2.45, 2.75) is 18.9 Å². The van der Waals surface area contributed by atoms with Crippen molar-refractivity contribution < 1.29 is 24.9 Å². The highest BCUT2D eigenvalue weighted by Crippen LogP contribution is 2.35. The van der Waals surface area contributed by atoms with E-state index in [1.54, 1.807) is 19.0 Å². The molecule has 0 radical (unpaired) electrons. The number of aromatic hydroxyl groups is 3. The summed E-state index contributed by atoms with van der Waals surface area (Å²) in [6.07, 6.45) is 1.25. The minimum Gasteiger partial charge on any atom is -0.504 e. The second-order valence-corrected chi connectivity index (χ2v) is 5.77. The lowest BCUT2D eigenvalue weighted by atomic mass is 10.0. The maximum Gasteiger partial charge on any atom is 0.319 e. The van der Waals surface area contributed by atoms with Gasteiger partial charge in [0.1, 0.15) is 0 Å². The molecule has 0 unspecified atom stereocenters. The molecule has 1 aromatic carbocycles. The fourth-order valence-electron chi connectivity index (χ4n) is 2.50. The van der Waals surface area contributed by atoms with E-state index in [4.69, 9.17) is 0 Å². The number of phenols is 3. The van der Waals surface area contributed by atoms with E-state index < -0.39 is 23.2 Å². The first kappa shape index (κ1) is 16.7. The Morgan fingerprint density at radius 2 is 1.65 bits per heavy atom. The number of carbonyl (C=O) groups excluding carboxylic acids is 2. The summed E-state index contributed by atoms with van der Waals surface area (Å²) in [6.45, 7) is 1.10. The molecule has 0 spiro atoms. The summed E-state index contributed by atoms with van der Waals surface area (Å²) in [5, 5.41) is 31.0. The normalized spacial score (nSPS) is 15.3. The lowest BCUT2D eigenvalue weighted by Gasteiger charge is -2.33. The number of benzene rings is 1. The number of urea groups is 1. The Bertz CT molecular complexity index is 586. The van der Waals surface area contributed by atoms with Crippen LogP contribution in [0.15, 0.2) is 12.1 Å². The smallest absolute Gasteiger partial charge is 0.319 e. The molecule has 0 atom stereocenters. The lowest BCUT2D eigenvalue weighted by Crippen LogP contribution is -2.49. The van der Waals surface area contributed by atoms with E-state index in [1.165, 1.54) is 4.90 Å². The van der Waals surface area contributed by atoms with Gasteiger partial charge in [0.25, 0.3) is 5.91 Å². The summed E-state index contributed by atoms with van der Waals surface area (Å²) in [4.78, 5) is 27.2. The number of nitrogens with one attached hydrogen (secondary N) is 1. The maximum atomic E-state index is 12.1. The highest BCUT2D eigenvalue weighted by Gasteiger charge is 2.25. The average molecular weight is 323 g/mol. The van der Waals surface area contributed by atoms with Gasteiger partial charge in [0, 0.05) is 38.8 Å². The largest absolute Gasteiger partial charge is 0.504 e. The van der Waals surface area contributed by atoms with Crippen molar-refractivity contribution in [2.75, 3.05) is 27.2 Å². The third kappa shape index (κ3) is 3.77. The van der Waals surface area contributed by atoms with Crippen molar-refractivity contribution in [3.05, 3.63) is 17.7 Å². The minimum atomic E-state index is -0.656. The molecule has 8 heteroatoms. The van der Waals surface area contributed by atoms with Crippen LogP contribution in [0.1, 0.15) is 23.2 Å². The van der Waals surface area contributed by atoms with Gasteiger partial charge in [0.2, 0.25) is 0 Å². The fourth-order valence-corrected chi connectivity index (χ4v) is 2.50. The number of piperidine rings is 1. The van der Waals surface area contributed by atoms with Crippen LogP contribution in [0.25, 0.3) is 0 Å². The Morgan fingerprint density at radius 1 is 1.13 bits per heavy atom. The molecule has 1 aromatic rings. The minimum absolute atomic E-state index is 0.0526. The van der Waals surface area contributed by atoms with Crippen LogP contribution < -0.4 is 5.32 Å². The number of phenolic OH excluding ortho intramolecular Hbond substituents is 3. The fraction of sp³-hybridized carbons (Fsp3) is 0.467. The summed E-state index contributed by atoms with van der Waals surface area (Å²) >= 11 is 0. The third-order valence-corrected chi connectivity index (χ3v) is 3.82. The van der Waals surface area contributed by atoms with E-state index in [2.05, 4.69) is 5.32 Å². The molecule has 8 nitrogen and oxygen atoms in total. The summed E-state index contributed by atoms with van der Waals surface area (Å²) in [5.74, 6) is -2.21. The van der Waals surface area contributed by atoms with Gasteiger partial charge < -0.3 is 30.4 Å². The first-order valence-electron chi connectivity index (χ1n) is 7.31. The number of hydrogen-bond donors (Lipinski definition) is 4. The van der Waals surface area contributed by atoms with Crippen molar-refractivity contribution in [1.29, 1.82) is 0 Å². The average Bonchev–Trinajstić information content (AvgIpc) is 2.52. The number of nitrogens with zero attached hydrogens (tertiary/aromatic N) is 2. The molecule has 1 fully saturated rings. The Balaban J connectivity index is 1.94. The molecule has 1 aliphatic heterocycles. The van der Waals surface area contributed by atoms with Crippen LogP contribution in [0.3, 0.4) is 0 Å². The Hall–Kier alpha value is -2.64. The van der Waals surface area contributed by atoms with E-state index in [9.17, 15) is 24.9 Å². The second kappa shape index (κ2) is 6.64. The van der Waals surface area contributed by atoms with Gasteiger partial charge in [-0.2, -0.15) is 0 Å². The molecule has 1 heterocycles. The molecular weight excluding hydrogens is 302 g/mol. The molecule has 4 N–H and O–H groups in total. The molecule has 0 aliphatic carbocycles. The van der Waals surface area contributed by atoms with Crippen molar-refractivity contribution in [1.82, 2.24) is 15.1 Å². The molecule has 3 amide bonds. The summed E-state index contributed by atoms with van der Waals surface area (Å²) in [6, 6.07) is 2.04. The van der Waals surface area contributed by atoms with Crippen LogP contribution >= 0.6 is 0 Å². The standard InChI is InChI=1S/C15H21N3O5/c1-17(2)15(23)18-5-3-10(4-6-18)16-14(22)9-7-11(19)13(21)12(20)8-9/h7-8,10,19-21H,3-6H2,1-2H3,(H,16,22). The summed E-state index contributed by atoms with van der Waals surface area (Å²) in [5.41, 5.74) is 0.0598. The molecule has 1 saturated heterocycles. The van der Waals surface area contributed by atoms with Crippen LogP contribution in [-0.2, 0) is 0 Å². The van der Waals surface area contributed by atoms with E-state index in [1.807, 2.05) is 0 Å². The molecular formula is C15H21N3O5. The Kier molecular flexibility index (Phi) is 4.83. The highest BCUT2D eigenvalue weighted by molar-refractivity contribution is 5.95. The van der Waals surface area contributed by atoms with Crippen LogP contribution in [0.4, 0.5) is 4.79 Å². The molecule has 126 valence electrons. The van der Waals surface area contributed by atoms with E-state index in [0.717, 1.165) is 12.1 Å². The molecule has 0 bridgehead atoms. The molecule has 0 aromatic heterocycles. The molecule has 0 saturated carbocycles. The van der Waals surface area contributed by atoms with Gasteiger partial charge in [-0.05, 0) is 25.0 Å². The van der Waals surface area contributed by atoms with Crippen molar-refractivity contribution in [2.24, 2.45) is 0 Å². The zero-order valence-corrected chi connectivity index (χ0v) is 13.1. The molecule has 1 aliphatic rings. The number of likely N-dealkylation sites (tertiary alicyclic amines) is 1. The van der Waals surface area contributed by atoms with Crippen molar-refractivity contribution in [3.8, 4) is 17.2 Å². The highest BCUT2D eigenvalue weighted by atomic mass is 16.3. The zero-order chi connectivity index (χ0) is 17.1.